The van der Waals surface area contributed by atoms with Gasteiger partial charge in [-0.05, 0) is 42.8 Å². The van der Waals surface area contributed by atoms with Crippen LogP contribution in [0.2, 0.25) is 0 Å². The number of rotatable bonds is 8. The molecule has 1 aromatic carbocycles. The molecule has 0 spiro atoms. The van der Waals surface area contributed by atoms with Crippen LogP contribution >= 0.6 is 0 Å². The van der Waals surface area contributed by atoms with Crippen molar-refractivity contribution in [1.82, 2.24) is 4.98 Å². The minimum atomic E-state index is -0.438. The van der Waals surface area contributed by atoms with Gasteiger partial charge in [0.2, 0.25) is 0 Å². The van der Waals surface area contributed by atoms with Crippen LogP contribution in [0.4, 0.5) is 0 Å². The summed E-state index contributed by atoms with van der Waals surface area (Å²) in [5, 5.41) is 0. The SMILES string of the molecule is COc1ccc(COC/C=C\[C@H](C)OC(=O)c2ccccn2)cc1. The lowest BCUT2D eigenvalue weighted by Crippen LogP contribution is -2.14. The molecule has 0 aliphatic rings. The molecule has 0 saturated carbocycles. The van der Waals surface area contributed by atoms with Crippen molar-refractivity contribution in [3.63, 3.8) is 0 Å². The Labute approximate surface area is 141 Å². The fourth-order valence-electron chi connectivity index (χ4n) is 1.97. The molecule has 0 aliphatic heterocycles. The largest absolute Gasteiger partial charge is 0.497 e. The zero-order valence-corrected chi connectivity index (χ0v) is 13.8. The van der Waals surface area contributed by atoms with E-state index >= 15 is 0 Å². The molecule has 126 valence electrons. The number of pyridine rings is 1. The second kappa shape index (κ2) is 9.47. The molecule has 1 atom stereocenters. The highest BCUT2D eigenvalue weighted by Crippen LogP contribution is 2.11. The van der Waals surface area contributed by atoms with Gasteiger partial charge in [-0.1, -0.05) is 24.3 Å². The van der Waals surface area contributed by atoms with E-state index in [9.17, 15) is 4.79 Å². The number of hydrogen-bond donors (Lipinski definition) is 0. The Hall–Kier alpha value is -2.66. The standard InChI is InChI=1S/C19H21NO4/c1-15(24-19(21)18-7-3-4-12-20-18)6-5-13-23-14-16-8-10-17(22-2)11-9-16/h3-12,15H,13-14H2,1-2H3/b6-5-/t15-/m0/s1. The molecule has 0 amide bonds. The van der Waals surface area contributed by atoms with Gasteiger partial charge in [0.25, 0.3) is 0 Å². The van der Waals surface area contributed by atoms with Crippen LogP contribution in [0.1, 0.15) is 23.0 Å². The van der Waals surface area contributed by atoms with E-state index in [2.05, 4.69) is 4.98 Å². The maximum Gasteiger partial charge on any atom is 0.357 e. The van der Waals surface area contributed by atoms with Gasteiger partial charge in [-0.25, -0.2) is 9.78 Å². The summed E-state index contributed by atoms with van der Waals surface area (Å²) < 4.78 is 15.9. The van der Waals surface area contributed by atoms with E-state index in [1.165, 1.54) is 0 Å². The second-order valence-corrected chi connectivity index (χ2v) is 5.12. The third kappa shape index (κ3) is 5.85. The molecule has 2 rings (SSSR count). The number of hydrogen-bond acceptors (Lipinski definition) is 5. The van der Waals surface area contributed by atoms with Gasteiger partial charge in [-0.15, -0.1) is 0 Å². The zero-order valence-electron chi connectivity index (χ0n) is 13.8. The maximum absolute atomic E-state index is 11.8. The predicted octanol–water partition coefficient (Wildman–Crippen LogP) is 3.41. The summed E-state index contributed by atoms with van der Waals surface area (Å²) in [6.45, 7) is 2.74. The van der Waals surface area contributed by atoms with Gasteiger partial charge in [0, 0.05) is 6.20 Å². The van der Waals surface area contributed by atoms with Crippen LogP contribution < -0.4 is 4.74 Å². The number of carbonyl (C=O) groups is 1. The van der Waals surface area contributed by atoms with E-state index in [1.807, 2.05) is 30.3 Å². The quantitative estimate of drug-likeness (QED) is 0.422. The van der Waals surface area contributed by atoms with E-state index in [0.717, 1.165) is 11.3 Å². The molecule has 0 aliphatic carbocycles. The number of ether oxygens (including phenoxy) is 3. The molecule has 0 fully saturated rings. The lowest BCUT2D eigenvalue weighted by molar-refractivity contribution is 0.0415. The third-order valence-corrected chi connectivity index (χ3v) is 3.22. The Balaban J connectivity index is 1.68. The predicted molar refractivity (Wildman–Crippen MR) is 90.9 cm³/mol. The van der Waals surface area contributed by atoms with Crippen molar-refractivity contribution in [2.75, 3.05) is 13.7 Å². The summed E-state index contributed by atoms with van der Waals surface area (Å²) in [6.07, 6.45) is 4.84. The Morgan fingerprint density at radius 2 is 2.00 bits per heavy atom. The summed E-state index contributed by atoms with van der Waals surface area (Å²) in [5.74, 6) is 0.383. The number of aromatic nitrogens is 1. The summed E-state index contributed by atoms with van der Waals surface area (Å²) in [5.41, 5.74) is 1.37. The number of carbonyl (C=O) groups excluding carboxylic acids is 1. The van der Waals surface area contributed by atoms with Crippen molar-refractivity contribution in [2.45, 2.75) is 19.6 Å². The Morgan fingerprint density at radius 1 is 1.21 bits per heavy atom. The Morgan fingerprint density at radius 3 is 2.67 bits per heavy atom. The van der Waals surface area contributed by atoms with Gasteiger partial charge in [0.15, 0.2) is 0 Å². The van der Waals surface area contributed by atoms with Gasteiger partial charge in [0.05, 0.1) is 20.3 Å². The van der Waals surface area contributed by atoms with Crippen molar-refractivity contribution in [3.05, 3.63) is 72.1 Å². The van der Waals surface area contributed by atoms with Crippen molar-refractivity contribution < 1.29 is 19.0 Å². The van der Waals surface area contributed by atoms with Gasteiger partial charge in [-0.2, -0.15) is 0 Å². The molecule has 1 heterocycles. The number of esters is 1. The highest BCUT2D eigenvalue weighted by molar-refractivity contribution is 5.87. The summed E-state index contributed by atoms with van der Waals surface area (Å²) in [7, 11) is 1.64. The van der Waals surface area contributed by atoms with Crippen LogP contribution in [0.5, 0.6) is 5.75 Å². The van der Waals surface area contributed by atoms with Crippen LogP contribution in [-0.4, -0.2) is 30.8 Å². The smallest absolute Gasteiger partial charge is 0.357 e. The first-order valence-electron chi connectivity index (χ1n) is 7.68. The fourth-order valence-corrected chi connectivity index (χ4v) is 1.97. The minimum Gasteiger partial charge on any atom is -0.497 e. The lowest BCUT2D eigenvalue weighted by Gasteiger charge is -2.08. The molecule has 5 nitrogen and oxygen atoms in total. The normalized spacial score (nSPS) is 12.1. The summed E-state index contributed by atoms with van der Waals surface area (Å²) in [6, 6.07) is 12.8. The van der Waals surface area contributed by atoms with E-state index in [0.29, 0.717) is 18.9 Å². The Kier molecular flexibility index (Phi) is 6.98. The van der Waals surface area contributed by atoms with E-state index < -0.39 is 5.97 Å². The maximum atomic E-state index is 11.8. The van der Waals surface area contributed by atoms with Crippen LogP contribution in [0.3, 0.4) is 0 Å². The molecule has 0 saturated heterocycles. The van der Waals surface area contributed by atoms with Crippen molar-refractivity contribution in [1.29, 1.82) is 0 Å². The average molecular weight is 327 g/mol. The average Bonchev–Trinajstić information content (AvgIpc) is 2.62. The topological polar surface area (TPSA) is 57.7 Å². The van der Waals surface area contributed by atoms with Crippen LogP contribution in [-0.2, 0) is 16.1 Å². The van der Waals surface area contributed by atoms with Crippen LogP contribution in [0.25, 0.3) is 0 Å². The minimum absolute atomic E-state index is 0.300. The van der Waals surface area contributed by atoms with Gasteiger partial charge in [0.1, 0.15) is 17.5 Å². The summed E-state index contributed by atoms with van der Waals surface area (Å²) in [4.78, 5) is 15.8. The molecular formula is C19H21NO4. The molecule has 0 radical (unpaired) electrons. The molecule has 0 N–H and O–H groups in total. The van der Waals surface area contributed by atoms with E-state index in [4.69, 9.17) is 14.2 Å². The van der Waals surface area contributed by atoms with E-state index in [1.54, 1.807) is 44.5 Å². The molecule has 5 heteroatoms. The van der Waals surface area contributed by atoms with Crippen molar-refractivity contribution in [2.24, 2.45) is 0 Å². The molecular weight excluding hydrogens is 306 g/mol. The number of benzene rings is 1. The third-order valence-electron chi connectivity index (χ3n) is 3.22. The zero-order chi connectivity index (χ0) is 17.2. The first kappa shape index (κ1) is 17.7. The van der Waals surface area contributed by atoms with Crippen LogP contribution in [0, 0.1) is 0 Å². The lowest BCUT2D eigenvalue weighted by atomic mass is 10.2. The Bertz CT molecular complexity index is 653. The van der Waals surface area contributed by atoms with Crippen molar-refractivity contribution in [3.8, 4) is 5.75 Å². The first-order valence-corrected chi connectivity index (χ1v) is 7.68. The van der Waals surface area contributed by atoms with Gasteiger partial charge >= 0.3 is 5.97 Å². The second-order valence-electron chi connectivity index (χ2n) is 5.12. The molecule has 0 bridgehead atoms. The van der Waals surface area contributed by atoms with Gasteiger partial charge in [-0.3, -0.25) is 0 Å². The fraction of sp³-hybridized carbons (Fsp3) is 0.263. The first-order chi connectivity index (χ1) is 11.7. The van der Waals surface area contributed by atoms with E-state index in [-0.39, 0.29) is 6.10 Å². The van der Waals surface area contributed by atoms with Gasteiger partial charge < -0.3 is 14.2 Å². The number of methoxy groups -OCH3 is 1. The molecule has 24 heavy (non-hydrogen) atoms. The molecule has 2 aromatic rings. The monoisotopic (exact) mass is 327 g/mol. The highest BCUT2D eigenvalue weighted by atomic mass is 16.5. The molecule has 0 unspecified atom stereocenters. The summed E-state index contributed by atoms with van der Waals surface area (Å²) >= 11 is 0. The van der Waals surface area contributed by atoms with Crippen LogP contribution in [0.15, 0.2) is 60.8 Å². The van der Waals surface area contributed by atoms with Crippen molar-refractivity contribution >= 4 is 5.97 Å². The number of nitrogens with zero attached hydrogens (tertiary/aromatic N) is 1. The molecule has 1 aromatic heterocycles. The highest BCUT2D eigenvalue weighted by Gasteiger charge is 2.10.